The van der Waals surface area contributed by atoms with Crippen molar-refractivity contribution in [3.8, 4) is 0 Å². The van der Waals surface area contributed by atoms with Crippen molar-refractivity contribution in [2.75, 3.05) is 19.8 Å². The largest absolute Gasteiger partial charge is 0.381 e. The molecule has 0 radical (unpaired) electrons. The van der Waals surface area contributed by atoms with E-state index in [4.69, 9.17) is 15.2 Å². The van der Waals surface area contributed by atoms with Crippen molar-refractivity contribution in [2.45, 2.75) is 37.3 Å². The van der Waals surface area contributed by atoms with Gasteiger partial charge in [-0.25, -0.2) is 0 Å². The first-order valence-corrected chi connectivity index (χ1v) is 8.57. The van der Waals surface area contributed by atoms with Gasteiger partial charge in [-0.15, -0.1) is 11.3 Å². The van der Waals surface area contributed by atoms with E-state index in [1.807, 2.05) is 0 Å². The summed E-state index contributed by atoms with van der Waals surface area (Å²) in [4.78, 5) is 1.28. The van der Waals surface area contributed by atoms with Gasteiger partial charge < -0.3 is 15.2 Å². The smallest absolute Gasteiger partial charge is 0.0729 e. The van der Waals surface area contributed by atoms with Crippen molar-refractivity contribution in [2.24, 2.45) is 11.7 Å². The van der Waals surface area contributed by atoms with Gasteiger partial charge >= 0.3 is 0 Å². The Balaban J connectivity index is 1.70. The zero-order valence-corrected chi connectivity index (χ0v) is 13.3. The molecule has 19 heavy (non-hydrogen) atoms. The maximum absolute atomic E-state index is 6.48. The fourth-order valence-corrected chi connectivity index (χ4v) is 4.74. The van der Waals surface area contributed by atoms with E-state index < -0.39 is 0 Å². The van der Waals surface area contributed by atoms with Gasteiger partial charge in [-0.3, -0.25) is 0 Å². The first-order valence-electron chi connectivity index (χ1n) is 6.90. The quantitative estimate of drug-likeness (QED) is 0.892. The van der Waals surface area contributed by atoms with Gasteiger partial charge in [-0.1, -0.05) is 0 Å². The molecule has 2 saturated heterocycles. The van der Waals surface area contributed by atoms with E-state index in [9.17, 15) is 0 Å². The molecule has 0 amide bonds. The molecule has 0 saturated carbocycles. The predicted octanol–water partition coefficient (Wildman–Crippen LogP) is 3.49. The Labute approximate surface area is 126 Å². The number of nitrogens with two attached hydrogens (primary N) is 1. The van der Waals surface area contributed by atoms with Crippen molar-refractivity contribution in [3.05, 3.63) is 20.8 Å². The molecule has 1 spiro atoms. The highest BCUT2D eigenvalue weighted by atomic mass is 79.9. The van der Waals surface area contributed by atoms with E-state index in [1.54, 1.807) is 11.3 Å². The van der Waals surface area contributed by atoms with Crippen molar-refractivity contribution in [1.29, 1.82) is 0 Å². The van der Waals surface area contributed by atoms with Gasteiger partial charge in [0.15, 0.2) is 0 Å². The highest BCUT2D eigenvalue weighted by Crippen LogP contribution is 2.42. The molecular formula is C14H20BrNO2S. The maximum atomic E-state index is 6.48. The molecule has 2 atom stereocenters. The van der Waals surface area contributed by atoms with Crippen LogP contribution in [0, 0.1) is 5.92 Å². The molecule has 1 aromatic heterocycles. The summed E-state index contributed by atoms with van der Waals surface area (Å²) in [6.45, 7) is 2.49. The normalized spacial score (nSPS) is 28.4. The molecule has 0 aromatic carbocycles. The zero-order chi connectivity index (χ0) is 13.3. The summed E-state index contributed by atoms with van der Waals surface area (Å²) in [7, 11) is 0. The van der Waals surface area contributed by atoms with Gasteiger partial charge in [0, 0.05) is 40.6 Å². The minimum Gasteiger partial charge on any atom is -0.381 e. The summed E-state index contributed by atoms with van der Waals surface area (Å²) in [5.74, 6) is 0.525. The van der Waals surface area contributed by atoms with Crippen LogP contribution in [0.2, 0.25) is 0 Å². The van der Waals surface area contributed by atoms with Crippen molar-refractivity contribution >= 4 is 27.3 Å². The number of hydrogen-bond acceptors (Lipinski definition) is 4. The maximum Gasteiger partial charge on any atom is 0.0729 e. The standard InChI is InChI=1S/C14H20BrNO2S/c15-11-7-12(19-9-11)13(16)10-1-4-18-14(8-10)2-5-17-6-3-14/h7,9-10,13H,1-6,8,16H2. The summed E-state index contributed by atoms with van der Waals surface area (Å²) < 4.78 is 12.7. The molecule has 2 aliphatic rings. The summed E-state index contributed by atoms with van der Waals surface area (Å²) in [5.41, 5.74) is 6.51. The molecule has 3 rings (SSSR count). The van der Waals surface area contributed by atoms with E-state index in [0.717, 1.165) is 50.0 Å². The second kappa shape index (κ2) is 5.82. The van der Waals surface area contributed by atoms with E-state index in [1.165, 1.54) is 4.88 Å². The van der Waals surface area contributed by atoms with Crippen LogP contribution in [0.25, 0.3) is 0 Å². The molecule has 2 aliphatic heterocycles. The molecule has 5 heteroatoms. The zero-order valence-electron chi connectivity index (χ0n) is 10.9. The molecule has 2 N–H and O–H groups in total. The van der Waals surface area contributed by atoms with Crippen LogP contribution < -0.4 is 5.73 Å². The molecule has 1 aromatic rings. The van der Waals surface area contributed by atoms with Crippen LogP contribution in [0.5, 0.6) is 0 Å². The van der Waals surface area contributed by atoms with Gasteiger partial charge in [0.1, 0.15) is 0 Å². The number of thiophene rings is 1. The van der Waals surface area contributed by atoms with E-state index in [0.29, 0.717) is 5.92 Å². The molecule has 106 valence electrons. The molecule has 2 unspecified atom stereocenters. The SMILES string of the molecule is NC(c1cc(Br)cs1)C1CCOC2(CCOCC2)C1. The van der Waals surface area contributed by atoms with Crippen LogP contribution in [0.3, 0.4) is 0 Å². The predicted molar refractivity (Wildman–Crippen MR) is 80.4 cm³/mol. The van der Waals surface area contributed by atoms with Gasteiger partial charge in [0.25, 0.3) is 0 Å². The second-order valence-electron chi connectivity index (χ2n) is 5.59. The molecule has 3 heterocycles. The monoisotopic (exact) mass is 345 g/mol. The average molecular weight is 346 g/mol. The van der Waals surface area contributed by atoms with Gasteiger partial charge in [0.05, 0.1) is 5.60 Å². The second-order valence-corrected chi connectivity index (χ2v) is 7.45. The van der Waals surface area contributed by atoms with Crippen molar-refractivity contribution in [1.82, 2.24) is 0 Å². The lowest BCUT2D eigenvalue weighted by Gasteiger charge is -2.44. The summed E-state index contributed by atoms with van der Waals surface area (Å²) in [6.07, 6.45) is 4.18. The molecule has 0 aliphatic carbocycles. The number of rotatable bonds is 2. The summed E-state index contributed by atoms with van der Waals surface area (Å²) >= 11 is 5.26. The first-order chi connectivity index (χ1) is 9.19. The summed E-state index contributed by atoms with van der Waals surface area (Å²) in [6, 6.07) is 2.29. The van der Waals surface area contributed by atoms with Crippen LogP contribution >= 0.6 is 27.3 Å². The van der Waals surface area contributed by atoms with Crippen LogP contribution in [0.15, 0.2) is 15.9 Å². The lowest BCUT2D eigenvalue weighted by Crippen LogP contribution is -2.46. The fourth-order valence-electron chi connectivity index (χ4n) is 3.20. The Bertz CT molecular complexity index is 425. The van der Waals surface area contributed by atoms with E-state index in [-0.39, 0.29) is 11.6 Å². The van der Waals surface area contributed by atoms with E-state index >= 15 is 0 Å². The van der Waals surface area contributed by atoms with Gasteiger partial charge in [-0.2, -0.15) is 0 Å². The number of halogens is 1. The van der Waals surface area contributed by atoms with Crippen molar-refractivity contribution in [3.63, 3.8) is 0 Å². The topological polar surface area (TPSA) is 44.5 Å². The third-order valence-electron chi connectivity index (χ3n) is 4.36. The third kappa shape index (κ3) is 3.05. The Morgan fingerprint density at radius 1 is 1.37 bits per heavy atom. The minimum atomic E-state index is 0.0350. The lowest BCUT2D eigenvalue weighted by atomic mass is 9.77. The highest BCUT2D eigenvalue weighted by molar-refractivity contribution is 9.10. The molecule has 0 bridgehead atoms. The summed E-state index contributed by atoms with van der Waals surface area (Å²) in [5, 5.41) is 2.11. The third-order valence-corrected chi connectivity index (χ3v) is 6.15. The van der Waals surface area contributed by atoms with Crippen LogP contribution in [-0.4, -0.2) is 25.4 Å². The molecule has 3 nitrogen and oxygen atoms in total. The minimum absolute atomic E-state index is 0.0350. The Kier molecular flexibility index (Phi) is 4.29. The lowest BCUT2D eigenvalue weighted by molar-refractivity contribution is -0.149. The van der Waals surface area contributed by atoms with Crippen LogP contribution in [0.4, 0.5) is 0 Å². The first kappa shape index (κ1) is 14.0. The van der Waals surface area contributed by atoms with Crippen LogP contribution in [0.1, 0.15) is 36.6 Å². The van der Waals surface area contributed by atoms with Crippen molar-refractivity contribution < 1.29 is 9.47 Å². The number of hydrogen-bond donors (Lipinski definition) is 1. The average Bonchev–Trinajstić information content (AvgIpc) is 2.85. The Morgan fingerprint density at radius 3 is 2.84 bits per heavy atom. The van der Waals surface area contributed by atoms with Gasteiger partial charge in [0.2, 0.25) is 0 Å². The van der Waals surface area contributed by atoms with Crippen LogP contribution in [-0.2, 0) is 9.47 Å². The highest BCUT2D eigenvalue weighted by Gasteiger charge is 2.41. The van der Waals surface area contributed by atoms with Gasteiger partial charge in [-0.05, 0) is 53.6 Å². The Morgan fingerprint density at radius 2 is 2.16 bits per heavy atom. The Hall–Kier alpha value is 0.0600. The van der Waals surface area contributed by atoms with E-state index in [2.05, 4.69) is 27.4 Å². The fraction of sp³-hybridized carbons (Fsp3) is 0.714. The number of ether oxygens (including phenoxy) is 2. The molecule has 2 fully saturated rings. The molecular weight excluding hydrogens is 326 g/mol.